The van der Waals surface area contributed by atoms with Crippen molar-refractivity contribution in [2.24, 2.45) is 0 Å². The van der Waals surface area contributed by atoms with Crippen LogP contribution in [0.3, 0.4) is 0 Å². The van der Waals surface area contributed by atoms with E-state index in [1.54, 1.807) is 18.2 Å². The van der Waals surface area contributed by atoms with Crippen LogP contribution in [0.4, 0.5) is 0 Å². The van der Waals surface area contributed by atoms with E-state index in [1.807, 2.05) is 30.3 Å². The maximum Gasteiger partial charge on any atom is 0.220 e. The van der Waals surface area contributed by atoms with Gasteiger partial charge in [-0.05, 0) is 23.8 Å². The summed E-state index contributed by atoms with van der Waals surface area (Å²) in [5, 5.41) is 1.94. The van der Waals surface area contributed by atoms with Crippen molar-refractivity contribution in [1.82, 2.24) is 4.98 Å². The first-order valence-electron chi connectivity index (χ1n) is 6.25. The molecule has 1 aromatic heterocycles. The molecule has 0 aliphatic rings. The summed E-state index contributed by atoms with van der Waals surface area (Å²) in [6.07, 6.45) is 0. The van der Waals surface area contributed by atoms with Crippen LogP contribution < -0.4 is 4.74 Å². The van der Waals surface area contributed by atoms with Gasteiger partial charge in [-0.15, -0.1) is 11.6 Å². The van der Waals surface area contributed by atoms with Crippen LogP contribution in [0.5, 0.6) is 11.6 Å². The molecular weight excluding hydrogens is 329 g/mol. The molecule has 0 aliphatic heterocycles. The zero-order valence-electron chi connectivity index (χ0n) is 10.8. The number of aromatic nitrogens is 1. The van der Waals surface area contributed by atoms with Gasteiger partial charge >= 0.3 is 0 Å². The number of benzene rings is 2. The lowest BCUT2D eigenvalue weighted by Crippen LogP contribution is -1.92. The molecule has 1 heterocycles. The van der Waals surface area contributed by atoms with Gasteiger partial charge in [-0.2, -0.15) is 0 Å². The fraction of sp³-hybridized carbons (Fsp3) is 0.0625. The molecule has 0 bridgehead atoms. The monoisotopic (exact) mass is 337 g/mol. The Labute approximate surface area is 137 Å². The smallest absolute Gasteiger partial charge is 0.220 e. The highest BCUT2D eigenvalue weighted by atomic mass is 35.5. The third-order valence-electron chi connectivity index (χ3n) is 3.04. The van der Waals surface area contributed by atoms with Crippen molar-refractivity contribution in [3.05, 3.63) is 64.1 Å². The van der Waals surface area contributed by atoms with Crippen LogP contribution >= 0.6 is 34.8 Å². The minimum atomic E-state index is 0.390. The first-order chi connectivity index (χ1) is 10.2. The van der Waals surface area contributed by atoms with Gasteiger partial charge in [-0.3, -0.25) is 0 Å². The van der Waals surface area contributed by atoms with Gasteiger partial charge in [-0.1, -0.05) is 41.4 Å². The Morgan fingerprint density at radius 1 is 0.952 bits per heavy atom. The molecular formula is C16H10Cl3NO. The average molecular weight is 339 g/mol. The van der Waals surface area contributed by atoms with Gasteiger partial charge in [0.1, 0.15) is 5.75 Å². The second-order valence-electron chi connectivity index (χ2n) is 4.45. The van der Waals surface area contributed by atoms with E-state index >= 15 is 0 Å². The van der Waals surface area contributed by atoms with Crippen molar-refractivity contribution in [1.29, 1.82) is 0 Å². The third kappa shape index (κ3) is 3.08. The van der Waals surface area contributed by atoms with E-state index in [9.17, 15) is 0 Å². The summed E-state index contributed by atoms with van der Waals surface area (Å²) < 4.78 is 5.75. The molecule has 0 spiro atoms. The van der Waals surface area contributed by atoms with Crippen molar-refractivity contribution in [2.75, 3.05) is 0 Å². The molecule has 0 unspecified atom stereocenters. The molecule has 0 aliphatic carbocycles. The highest BCUT2D eigenvalue weighted by Crippen LogP contribution is 2.30. The van der Waals surface area contributed by atoms with E-state index in [0.717, 1.165) is 16.5 Å². The topological polar surface area (TPSA) is 22.1 Å². The number of pyridine rings is 1. The molecule has 0 atom stereocenters. The van der Waals surface area contributed by atoms with Crippen LogP contribution in [0.25, 0.3) is 10.9 Å². The molecule has 5 heteroatoms. The largest absolute Gasteiger partial charge is 0.439 e. The lowest BCUT2D eigenvalue weighted by atomic mass is 10.1. The van der Waals surface area contributed by atoms with E-state index in [2.05, 4.69) is 4.98 Å². The molecule has 0 saturated heterocycles. The number of hydrogen-bond donors (Lipinski definition) is 0. The summed E-state index contributed by atoms with van der Waals surface area (Å²) >= 11 is 17.9. The van der Waals surface area contributed by atoms with Crippen LogP contribution in [-0.2, 0) is 5.88 Å². The Bertz CT molecular complexity index is 805. The van der Waals surface area contributed by atoms with E-state index in [4.69, 9.17) is 39.5 Å². The minimum absolute atomic E-state index is 0.390. The van der Waals surface area contributed by atoms with Crippen LogP contribution in [0.15, 0.2) is 48.5 Å². The molecule has 3 aromatic rings. The number of nitrogens with zero attached hydrogens (tertiary/aromatic N) is 1. The van der Waals surface area contributed by atoms with Crippen molar-refractivity contribution >= 4 is 45.7 Å². The minimum Gasteiger partial charge on any atom is -0.439 e. The molecule has 3 rings (SSSR count). The summed E-state index contributed by atoms with van der Waals surface area (Å²) in [4.78, 5) is 4.47. The Kier molecular flexibility index (Phi) is 4.20. The SMILES string of the molecule is ClCc1cc(Oc2ccc(Cl)c(Cl)c2)nc2ccccc12. The zero-order valence-corrected chi connectivity index (χ0v) is 13.1. The second kappa shape index (κ2) is 6.10. The highest BCUT2D eigenvalue weighted by molar-refractivity contribution is 6.42. The summed E-state index contributed by atoms with van der Waals surface area (Å²) in [6.45, 7) is 0. The lowest BCUT2D eigenvalue weighted by Gasteiger charge is -2.09. The highest BCUT2D eigenvalue weighted by Gasteiger charge is 2.07. The maximum absolute atomic E-state index is 6.00. The Hall–Kier alpha value is -1.48. The van der Waals surface area contributed by atoms with Gasteiger partial charge in [-0.25, -0.2) is 4.98 Å². The Balaban J connectivity index is 2.02. The standard InChI is InChI=1S/C16H10Cl3NO/c17-9-10-7-16(20-15-4-2-1-3-12(10)15)21-11-5-6-13(18)14(19)8-11/h1-8H,9H2. The molecule has 0 amide bonds. The van der Waals surface area contributed by atoms with E-state index < -0.39 is 0 Å². The first-order valence-corrected chi connectivity index (χ1v) is 7.54. The molecule has 0 fully saturated rings. The quantitative estimate of drug-likeness (QED) is 0.540. The average Bonchev–Trinajstić information content (AvgIpc) is 2.50. The van der Waals surface area contributed by atoms with Crippen LogP contribution in [0.1, 0.15) is 5.56 Å². The second-order valence-corrected chi connectivity index (χ2v) is 5.53. The summed E-state index contributed by atoms with van der Waals surface area (Å²) in [5.41, 5.74) is 1.81. The van der Waals surface area contributed by atoms with Gasteiger partial charge in [0.05, 0.1) is 15.6 Å². The van der Waals surface area contributed by atoms with Crippen LogP contribution in [-0.4, -0.2) is 4.98 Å². The Morgan fingerprint density at radius 2 is 1.76 bits per heavy atom. The van der Waals surface area contributed by atoms with Gasteiger partial charge in [0.15, 0.2) is 0 Å². The molecule has 106 valence electrons. The van der Waals surface area contributed by atoms with Gasteiger partial charge in [0.2, 0.25) is 5.88 Å². The fourth-order valence-electron chi connectivity index (χ4n) is 2.04. The molecule has 0 saturated carbocycles. The van der Waals surface area contributed by atoms with Crippen LogP contribution in [0.2, 0.25) is 10.0 Å². The number of rotatable bonds is 3. The van der Waals surface area contributed by atoms with E-state index in [1.165, 1.54) is 0 Å². The molecule has 2 aromatic carbocycles. The number of hydrogen-bond acceptors (Lipinski definition) is 2. The first kappa shape index (κ1) is 14.5. The number of ether oxygens (including phenoxy) is 1. The van der Waals surface area contributed by atoms with Crippen molar-refractivity contribution in [3.63, 3.8) is 0 Å². The summed E-state index contributed by atoms with van der Waals surface area (Å²) in [7, 11) is 0. The Morgan fingerprint density at radius 3 is 2.52 bits per heavy atom. The number of para-hydroxylation sites is 1. The van der Waals surface area contributed by atoms with E-state index in [0.29, 0.717) is 27.6 Å². The molecule has 0 radical (unpaired) electrons. The number of alkyl halides is 1. The predicted octanol–water partition coefficient (Wildman–Crippen LogP) is 6.07. The predicted molar refractivity (Wildman–Crippen MR) is 87.8 cm³/mol. The molecule has 2 nitrogen and oxygen atoms in total. The summed E-state index contributed by atoms with van der Waals surface area (Å²) in [6, 6.07) is 14.7. The maximum atomic E-state index is 6.00. The number of halogens is 3. The summed E-state index contributed by atoms with van der Waals surface area (Å²) in [5.74, 6) is 1.44. The third-order valence-corrected chi connectivity index (χ3v) is 4.06. The van der Waals surface area contributed by atoms with Gasteiger partial charge < -0.3 is 4.74 Å². The van der Waals surface area contributed by atoms with Crippen molar-refractivity contribution < 1.29 is 4.74 Å². The van der Waals surface area contributed by atoms with Gasteiger partial charge in [0.25, 0.3) is 0 Å². The van der Waals surface area contributed by atoms with E-state index in [-0.39, 0.29) is 0 Å². The van der Waals surface area contributed by atoms with Crippen LogP contribution in [0, 0.1) is 0 Å². The van der Waals surface area contributed by atoms with Gasteiger partial charge in [0, 0.05) is 23.4 Å². The number of fused-ring (bicyclic) bond motifs is 1. The lowest BCUT2D eigenvalue weighted by molar-refractivity contribution is 0.464. The van der Waals surface area contributed by atoms with Crippen molar-refractivity contribution in [3.8, 4) is 11.6 Å². The molecule has 0 N–H and O–H groups in total. The zero-order chi connectivity index (χ0) is 14.8. The normalized spacial score (nSPS) is 10.8. The molecule has 21 heavy (non-hydrogen) atoms. The fourth-order valence-corrected chi connectivity index (χ4v) is 2.55. The van der Waals surface area contributed by atoms with Crippen molar-refractivity contribution in [2.45, 2.75) is 5.88 Å².